The van der Waals surface area contributed by atoms with Crippen LogP contribution in [0.5, 0.6) is 5.75 Å². The number of hydrogen-bond donors (Lipinski definition) is 1. The molecule has 1 heterocycles. The molecule has 0 unspecified atom stereocenters. The van der Waals surface area contributed by atoms with Crippen molar-refractivity contribution >= 4 is 11.8 Å². The van der Waals surface area contributed by atoms with Gasteiger partial charge < -0.3 is 15.0 Å². The van der Waals surface area contributed by atoms with Gasteiger partial charge >= 0.3 is 0 Å². The minimum Gasteiger partial charge on any atom is -0.496 e. The van der Waals surface area contributed by atoms with Gasteiger partial charge in [-0.3, -0.25) is 9.59 Å². The first-order valence-corrected chi connectivity index (χ1v) is 8.88. The zero-order valence-corrected chi connectivity index (χ0v) is 15.0. The van der Waals surface area contributed by atoms with Gasteiger partial charge in [0.05, 0.1) is 13.0 Å². The maximum absolute atomic E-state index is 12.4. The highest BCUT2D eigenvalue weighted by atomic mass is 16.5. The molecule has 0 spiro atoms. The fourth-order valence-corrected chi connectivity index (χ4v) is 3.26. The average molecular weight is 352 g/mol. The van der Waals surface area contributed by atoms with E-state index in [0.717, 1.165) is 17.7 Å². The lowest BCUT2D eigenvalue weighted by Gasteiger charge is -2.18. The molecule has 1 fully saturated rings. The van der Waals surface area contributed by atoms with E-state index in [9.17, 15) is 9.59 Å². The van der Waals surface area contributed by atoms with Gasteiger partial charge in [0.1, 0.15) is 5.75 Å². The van der Waals surface area contributed by atoms with Crippen molar-refractivity contribution < 1.29 is 14.3 Å². The lowest BCUT2D eigenvalue weighted by molar-refractivity contribution is -0.129. The predicted octanol–water partition coefficient (Wildman–Crippen LogP) is 2.40. The minimum absolute atomic E-state index is 0.0131. The van der Waals surface area contributed by atoms with Gasteiger partial charge in [0.15, 0.2) is 0 Å². The van der Waals surface area contributed by atoms with Gasteiger partial charge in [0.25, 0.3) is 0 Å². The second-order valence-corrected chi connectivity index (χ2v) is 6.51. The van der Waals surface area contributed by atoms with E-state index in [2.05, 4.69) is 5.32 Å². The first-order chi connectivity index (χ1) is 12.7. The summed E-state index contributed by atoms with van der Waals surface area (Å²) in [6.45, 7) is 1.50. The Balaban J connectivity index is 1.51. The summed E-state index contributed by atoms with van der Waals surface area (Å²) in [5.41, 5.74) is 2.14. The number of para-hydroxylation sites is 1. The zero-order valence-electron chi connectivity index (χ0n) is 15.0. The van der Waals surface area contributed by atoms with Crippen LogP contribution in [0.3, 0.4) is 0 Å². The number of amides is 2. The van der Waals surface area contributed by atoms with Crippen LogP contribution < -0.4 is 10.1 Å². The number of rotatable bonds is 7. The third-order valence-electron chi connectivity index (χ3n) is 4.69. The molecular formula is C21H24N2O3. The van der Waals surface area contributed by atoms with Gasteiger partial charge in [-0.1, -0.05) is 48.5 Å². The highest BCUT2D eigenvalue weighted by Gasteiger charge is 2.34. The Morgan fingerprint density at radius 1 is 1.15 bits per heavy atom. The monoisotopic (exact) mass is 352 g/mol. The van der Waals surface area contributed by atoms with Gasteiger partial charge in [0, 0.05) is 31.6 Å². The largest absolute Gasteiger partial charge is 0.496 e. The molecule has 2 aromatic carbocycles. The topological polar surface area (TPSA) is 58.6 Å². The van der Waals surface area contributed by atoms with Crippen molar-refractivity contribution in [1.29, 1.82) is 0 Å². The summed E-state index contributed by atoms with van der Waals surface area (Å²) in [5.74, 6) is 0.444. The van der Waals surface area contributed by atoms with E-state index in [-0.39, 0.29) is 24.2 Å². The summed E-state index contributed by atoms with van der Waals surface area (Å²) in [4.78, 5) is 26.4. The number of methoxy groups -OCH3 is 1. The summed E-state index contributed by atoms with van der Waals surface area (Å²) >= 11 is 0. The Hall–Kier alpha value is -2.82. The van der Waals surface area contributed by atoms with Crippen molar-refractivity contribution in [3.05, 3.63) is 65.7 Å². The summed E-state index contributed by atoms with van der Waals surface area (Å²) in [6.07, 6.45) is 1.06. The maximum Gasteiger partial charge on any atom is 0.225 e. The van der Waals surface area contributed by atoms with Crippen LogP contribution in [0, 0.1) is 5.92 Å². The van der Waals surface area contributed by atoms with E-state index in [1.54, 1.807) is 12.0 Å². The van der Waals surface area contributed by atoms with Crippen molar-refractivity contribution in [2.75, 3.05) is 20.2 Å². The van der Waals surface area contributed by atoms with Crippen LogP contribution in [0.1, 0.15) is 17.5 Å². The van der Waals surface area contributed by atoms with Crippen LogP contribution in [-0.4, -0.2) is 36.9 Å². The molecular weight excluding hydrogens is 328 g/mol. The van der Waals surface area contributed by atoms with Crippen molar-refractivity contribution in [1.82, 2.24) is 10.2 Å². The molecule has 0 radical (unpaired) electrons. The Morgan fingerprint density at radius 3 is 2.65 bits per heavy atom. The van der Waals surface area contributed by atoms with E-state index < -0.39 is 0 Å². The van der Waals surface area contributed by atoms with Crippen LogP contribution in [0.15, 0.2) is 54.6 Å². The Kier molecular flexibility index (Phi) is 5.89. The smallest absolute Gasteiger partial charge is 0.225 e. The van der Waals surface area contributed by atoms with E-state index in [4.69, 9.17) is 4.74 Å². The molecule has 1 saturated heterocycles. The van der Waals surface area contributed by atoms with E-state index in [0.29, 0.717) is 19.6 Å². The Bertz CT molecular complexity index is 761. The van der Waals surface area contributed by atoms with Crippen molar-refractivity contribution in [3.63, 3.8) is 0 Å². The van der Waals surface area contributed by atoms with Crippen molar-refractivity contribution in [3.8, 4) is 5.75 Å². The minimum atomic E-state index is -0.284. The van der Waals surface area contributed by atoms with Gasteiger partial charge in [0.2, 0.25) is 11.8 Å². The molecule has 5 nitrogen and oxygen atoms in total. The molecule has 3 rings (SSSR count). The standard InChI is InChI=1S/C21H24N2O3/c1-26-19-10-6-5-9-17(19)14-23-15-18(13-20(23)24)21(25)22-12-11-16-7-3-2-4-8-16/h2-10,18H,11-15H2,1H3,(H,22,25)/t18-/m1/s1. The lowest BCUT2D eigenvalue weighted by atomic mass is 10.1. The number of nitrogens with one attached hydrogen (secondary N) is 1. The second-order valence-electron chi connectivity index (χ2n) is 6.51. The highest BCUT2D eigenvalue weighted by molar-refractivity contribution is 5.89. The van der Waals surface area contributed by atoms with E-state index in [1.165, 1.54) is 5.56 Å². The SMILES string of the molecule is COc1ccccc1CN1C[C@H](C(=O)NCCc2ccccc2)CC1=O. The van der Waals surface area contributed by atoms with Gasteiger partial charge in [-0.15, -0.1) is 0 Å². The zero-order chi connectivity index (χ0) is 18.4. The maximum atomic E-state index is 12.4. The summed E-state index contributed by atoms with van der Waals surface area (Å²) in [5, 5.41) is 2.96. The van der Waals surface area contributed by atoms with Crippen LogP contribution >= 0.6 is 0 Å². The van der Waals surface area contributed by atoms with Crippen molar-refractivity contribution in [2.45, 2.75) is 19.4 Å². The van der Waals surface area contributed by atoms with E-state index in [1.807, 2.05) is 54.6 Å². The van der Waals surface area contributed by atoms with Gasteiger partial charge in [-0.2, -0.15) is 0 Å². The normalized spacial score (nSPS) is 16.6. The third kappa shape index (κ3) is 4.42. The van der Waals surface area contributed by atoms with E-state index >= 15 is 0 Å². The quantitative estimate of drug-likeness (QED) is 0.832. The number of hydrogen-bond acceptors (Lipinski definition) is 3. The number of ether oxygens (including phenoxy) is 1. The van der Waals surface area contributed by atoms with Crippen molar-refractivity contribution in [2.24, 2.45) is 5.92 Å². The van der Waals surface area contributed by atoms with Gasteiger partial charge in [-0.25, -0.2) is 0 Å². The molecule has 5 heteroatoms. The molecule has 1 aliphatic heterocycles. The number of carbonyl (C=O) groups is 2. The summed E-state index contributed by atoms with van der Waals surface area (Å²) in [6, 6.07) is 17.7. The third-order valence-corrected chi connectivity index (χ3v) is 4.69. The van der Waals surface area contributed by atoms with Crippen LogP contribution in [0.25, 0.3) is 0 Å². The molecule has 136 valence electrons. The number of likely N-dealkylation sites (tertiary alicyclic amines) is 1. The molecule has 0 aromatic heterocycles. The molecule has 1 atom stereocenters. The van der Waals surface area contributed by atoms with Gasteiger partial charge in [-0.05, 0) is 18.1 Å². The fraction of sp³-hybridized carbons (Fsp3) is 0.333. The molecule has 0 aliphatic carbocycles. The molecule has 0 bridgehead atoms. The average Bonchev–Trinajstić information content (AvgIpc) is 3.03. The Morgan fingerprint density at radius 2 is 1.88 bits per heavy atom. The molecule has 1 N–H and O–H groups in total. The molecule has 2 amide bonds. The van der Waals surface area contributed by atoms with Crippen LogP contribution in [-0.2, 0) is 22.6 Å². The fourth-order valence-electron chi connectivity index (χ4n) is 3.26. The molecule has 26 heavy (non-hydrogen) atoms. The highest BCUT2D eigenvalue weighted by Crippen LogP contribution is 2.24. The summed E-state index contributed by atoms with van der Waals surface area (Å²) < 4.78 is 5.34. The molecule has 0 saturated carbocycles. The first kappa shape index (κ1) is 18.0. The number of nitrogens with zero attached hydrogens (tertiary/aromatic N) is 1. The summed E-state index contributed by atoms with van der Waals surface area (Å²) in [7, 11) is 1.62. The van der Waals surface area contributed by atoms with Crippen LogP contribution in [0.4, 0.5) is 0 Å². The second kappa shape index (κ2) is 8.52. The predicted molar refractivity (Wildman–Crippen MR) is 99.7 cm³/mol. The first-order valence-electron chi connectivity index (χ1n) is 8.88. The lowest BCUT2D eigenvalue weighted by Crippen LogP contribution is -2.34. The Labute approximate surface area is 154 Å². The molecule has 1 aliphatic rings. The number of benzene rings is 2. The van der Waals surface area contributed by atoms with Crippen LogP contribution in [0.2, 0.25) is 0 Å². The molecule has 2 aromatic rings. The number of carbonyl (C=O) groups excluding carboxylic acids is 2.